The van der Waals surface area contributed by atoms with E-state index in [1.165, 1.54) is 0 Å². The van der Waals surface area contributed by atoms with E-state index >= 15 is 0 Å². The van der Waals surface area contributed by atoms with Crippen LogP contribution in [0.1, 0.15) is 18.4 Å². The number of aliphatic carboxylic acids is 1. The van der Waals surface area contributed by atoms with E-state index < -0.39 is 5.97 Å². The molecular weight excluding hydrogens is 316 g/mol. The lowest BCUT2D eigenvalue weighted by atomic mass is 9.88. The van der Waals surface area contributed by atoms with Crippen molar-refractivity contribution in [1.29, 1.82) is 0 Å². The summed E-state index contributed by atoms with van der Waals surface area (Å²) >= 11 is 0. The molecule has 2 aromatic rings. The number of nitrogens with one attached hydrogen (secondary N) is 2. The standard InChI is InChI=1S/C19H24N4O2/c24-19(25)17-11-15(12-20-13-17)7-8-21-22-14-16-5-1-2-6-18(16)23-9-3-4-10-23/h1-6,9-10,14-15,17,20-21H,7-8,11-13H2,(H,24,25)/b22-14+/t15-,17-/m1/s1. The highest BCUT2D eigenvalue weighted by Gasteiger charge is 2.26. The number of hydrogen-bond donors (Lipinski definition) is 3. The molecule has 2 atom stereocenters. The van der Waals surface area contributed by atoms with E-state index in [1.807, 2.05) is 48.9 Å². The Bertz CT molecular complexity index is 712. The molecule has 0 saturated carbocycles. The molecule has 1 saturated heterocycles. The van der Waals surface area contributed by atoms with Gasteiger partial charge in [0.15, 0.2) is 0 Å². The highest BCUT2D eigenvalue weighted by Crippen LogP contribution is 2.19. The number of para-hydroxylation sites is 1. The number of nitrogens with zero attached hydrogens (tertiary/aromatic N) is 2. The van der Waals surface area contributed by atoms with Crippen LogP contribution in [0.2, 0.25) is 0 Å². The highest BCUT2D eigenvalue weighted by molar-refractivity contribution is 5.84. The van der Waals surface area contributed by atoms with E-state index in [2.05, 4.69) is 26.5 Å². The zero-order valence-electron chi connectivity index (χ0n) is 14.1. The van der Waals surface area contributed by atoms with Gasteiger partial charge in [-0.05, 0) is 43.5 Å². The van der Waals surface area contributed by atoms with Gasteiger partial charge in [-0.15, -0.1) is 0 Å². The van der Waals surface area contributed by atoms with Crippen molar-refractivity contribution in [3.8, 4) is 5.69 Å². The summed E-state index contributed by atoms with van der Waals surface area (Å²) in [6.45, 7) is 2.19. The maximum atomic E-state index is 11.1. The number of carboxylic acids is 1. The predicted octanol–water partition coefficient (Wildman–Crippen LogP) is 2.10. The van der Waals surface area contributed by atoms with Crippen molar-refractivity contribution < 1.29 is 9.90 Å². The Morgan fingerprint density at radius 1 is 1.28 bits per heavy atom. The first-order chi connectivity index (χ1) is 12.2. The fraction of sp³-hybridized carbons (Fsp3) is 0.368. The van der Waals surface area contributed by atoms with Gasteiger partial charge in [-0.3, -0.25) is 4.79 Å². The molecule has 132 valence electrons. The van der Waals surface area contributed by atoms with Crippen LogP contribution in [-0.2, 0) is 4.79 Å². The molecule has 1 aliphatic rings. The first-order valence-corrected chi connectivity index (χ1v) is 8.66. The lowest BCUT2D eigenvalue weighted by Gasteiger charge is -2.27. The maximum absolute atomic E-state index is 11.1. The Morgan fingerprint density at radius 2 is 2.08 bits per heavy atom. The molecule has 0 amide bonds. The third-order valence-corrected chi connectivity index (χ3v) is 4.57. The van der Waals surface area contributed by atoms with Crippen LogP contribution in [0.4, 0.5) is 0 Å². The average molecular weight is 340 g/mol. The van der Waals surface area contributed by atoms with Crippen LogP contribution >= 0.6 is 0 Å². The Labute approximate surface area is 147 Å². The number of rotatable bonds is 7. The minimum absolute atomic E-state index is 0.268. The summed E-state index contributed by atoms with van der Waals surface area (Å²) in [6, 6.07) is 12.1. The van der Waals surface area contributed by atoms with E-state index in [1.54, 1.807) is 0 Å². The molecule has 2 heterocycles. The molecule has 25 heavy (non-hydrogen) atoms. The summed E-state index contributed by atoms with van der Waals surface area (Å²) in [4.78, 5) is 11.1. The summed E-state index contributed by atoms with van der Waals surface area (Å²) in [5.74, 6) is -0.592. The zero-order valence-corrected chi connectivity index (χ0v) is 14.1. The van der Waals surface area contributed by atoms with Crippen molar-refractivity contribution in [2.75, 3.05) is 19.6 Å². The molecule has 1 aromatic carbocycles. The van der Waals surface area contributed by atoms with E-state index in [4.69, 9.17) is 5.11 Å². The normalized spacial score (nSPS) is 20.6. The van der Waals surface area contributed by atoms with Crippen molar-refractivity contribution in [3.05, 3.63) is 54.4 Å². The topological polar surface area (TPSA) is 78.7 Å². The summed E-state index contributed by atoms with van der Waals surface area (Å²) < 4.78 is 2.06. The van der Waals surface area contributed by atoms with Gasteiger partial charge in [-0.2, -0.15) is 5.10 Å². The lowest BCUT2D eigenvalue weighted by molar-refractivity contribution is -0.142. The third-order valence-electron chi connectivity index (χ3n) is 4.57. The smallest absolute Gasteiger partial charge is 0.307 e. The summed E-state index contributed by atoms with van der Waals surface area (Å²) in [7, 11) is 0. The van der Waals surface area contributed by atoms with Crippen LogP contribution in [-0.4, -0.2) is 41.5 Å². The van der Waals surface area contributed by atoms with Crippen molar-refractivity contribution in [3.63, 3.8) is 0 Å². The minimum Gasteiger partial charge on any atom is -0.481 e. The summed E-state index contributed by atoms with van der Waals surface area (Å²) in [5, 5.41) is 16.6. The van der Waals surface area contributed by atoms with Gasteiger partial charge < -0.3 is 20.4 Å². The molecule has 3 rings (SSSR count). The number of hydrazone groups is 1. The second-order valence-corrected chi connectivity index (χ2v) is 6.40. The first-order valence-electron chi connectivity index (χ1n) is 8.66. The van der Waals surface area contributed by atoms with Gasteiger partial charge in [-0.1, -0.05) is 18.2 Å². The van der Waals surface area contributed by atoms with Gasteiger partial charge in [0.05, 0.1) is 17.8 Å². The van der Waals surface area contributed by atoms with E-state index in [0.717, 1.165) is 37.2 Å². The second-order valence-electron chi connectivity index (χ2n) is 6.40. The van der Waals surface area contributed by atoms with Crippen LogP contribution in [0.15, 0.2) is 53.9 Å². The molecule has 3 N–H and O–H groups in total. The van der Waals surface area contributed by atoms with Crippen LogP contribution < -0.4 is 10.7 Å². The SMILES string of the molecule is O=C(O)[C@H]1CNC[C@H](CCN/N=C/c2ccccc2-n2cccc2)C1. The molecule has 0 bridgehead atoms. The molecule has 6 nitrogen and oxygen atoms in total. The summed E-state index contributed by atoms with van der Waals surface area (Å²) in [6.07, 6.45) is 7.50. The summed E-state index contributed by atoms with van der Waals surface area (Å²) in [5.41, 5.74) is 5.20. The van der Waals surface area contributed by atoms with Gasteiger partial charge in [0.2, 0.25) is 0 Å². The van der Waals surface area contributed by atoms with Crippen LogP contribution in [0.3, 0.4) is 0 Å². The Kier molecular flexibility index (Phi) is 5.85. The van der Waals surface area contributed by atoms with Crippen LogP contribution in [0.25, 0.3) is 5.69 Å². The minimum atomic E-state index is -0.704. The van der Waals surface area contributed by atoms with Crippen molar-refractivity contribution in [1.82, 2.24) is 15.3 Å². The number of carboxylic acid groups (broad SMARTS) is 1. The molecule has 0 spiro atoms. The zero-order chi connectivity index (χ0) is 17.5. The number of benzene rings is 1. The van der Waals surface area contributed by atoms with Gasteiger partial charge in [-0.25, -0.2) is 0 Å². The first kappa shape index (κ1) is 17.2. The second kappa shape index (κ2) is 8.48. The molecule has 1 fully saturated rings. The van der Waals surface area contributed by atoms with E-state index in [0.29, 0.717) is 12.5 Å². The van der Waals surface area contributed by atoms with E-state index in [-0.39, 0.29) is 5.92 Å². The van der Waals surface area contributed by atoms with Crippen LogP contribution in [0.5, 0.6) is 0 Å². The Balaban J connectivity index is 1.49. The quantitative estimate of drug-likeness (QED) is 0.410. The maximum Gasteiger partial charge on any atom is 0.307 e. The number of hydrogen-bond acceptors (Lipinski definition) is 4. The molecule has 0 aliphatic carbocycles. The highest BCUT2D eigenvalue weighted by atomic mass is 16.4. The Hall–Kier alpha value is -2.60. The third kappa shape index (κ3) is 4.70. The molecule has 0 unspecified atom stereocenters. The molecule has 1 aliphatic heterocycles. The monoisotopic (exact) mass is 340 g/mol. The fourth-order valence-corrected chi connectivity index (χ4v) is 3.21. The fourth-order valence-electron chi connectivity index (χ4n) is 3.21. The van der Waals surface area contributed by atoms with Crippen molar-refractivity contribution in [2.24, 2.45) is 16.9 Å². The molecule has 0 radical (unpaired) electrons. The van der Waals surface area contributed by atoms with Gasteiger partial charge in [0.25, 0.3) is 0 Å². The molecule has 1 aromatic heterocycles. The largest absolute Gasteiger partial charge is 0.481 e. The van der Waals surface area contributed by atoms with E-state index in [9.17, 15) is 4.79 Å². The lowest BCUT2D eigenvalue weighted by Crippen LogP contribution is -2.40. The van der Waals surface area contributed by atoms with Crippen LogP contribution in [0, 0.1) is 11.8 Å². The van der Waals surface area contributed by atoms with Gasteiger partial charge in [0, 0.05) is 31.0 Å². The predicted molar refractivity (Wildman–Crippen MR) is 98.1 cm³/mol. The van der Waals surface area contributed by atoms with Crippen molar-refractivity contribution in [2.45, 2.75) is 12.8 Å². The number of aromatic nitrogens is 1. The van der Waals surface area contributed by atoms with Gasteiger partial charge in [0.1, 0.15) is 0 Å². The number of carbonyl (C=O) groups is 1. The molecular formula is C19H24N4O2. The molecule has 6 heteroatoms. The Morgan fingerprint density at radius 3 is 2.88 bits per heavy atom. The van der Waals surface area contributed by atoms with Crippen molar-refractivity contribution >= 4 is 12.2 Å². The average Bonchev–Trinajstić information content (AvgIpc) is 3.16. The van der Waals surface area contributed by atoms with Gasteiger partial charge >= 0.3 is 5.97 Å². The number of piperidine rings is 1.